The maximum atomic E-state index is 12.5. The maximum absolute atomic E-state index is 12.5. The molecule has 7 N–H and O–H groups in total. The van der Waals surface area contributed by atoms with Crippen LogP contribution in [0.25, 0.3) is 0 Å². The Labute approximate surface area is 172 Å². The number of piperidine rings is 1. The van der Waals surface area contributed by atoms with E-state index in [2.05, 4.69) is 14.9 Å². The molecule has 3 rings (SSSR count). The molecule has 1 aromatic carbocycles. The topological polar surface area (TPSA) is 113 Å². The standard InChI is InChI=1S/C10H17N3.C6H4F4N2.2ClH.H2O/c1-4-11-5-2-10(1)3-7-13-8-6-12-9-13;7-1-2(8)5(11)4(10)6(12)3(1)9;;;/h6,8-11H,1-5,7H2;11-12H2;2*1H;1H2. The number of nitrogens with one attached hydrogen (secondary N) is 1. The van der Waals surface area contributed by atoms with Crippen LogP contribution in [0.3, 0.4) is 0 Å². The fourth-order valence-corrected chi connectivity index (χ4v) is 2.59. The van der Waals surface area contributed by atoms with Crippen LogP contribution in [-0.2, 0) is 6.54 Å². The minimum atomic E-state index is -1.87. The molecule has 0 saturated carbocycles. The van der Waals surface area contributed by atoms with Crippen molar-refractivity contribution in [1.82, 2.24) is 14.9 Å². The third-order valence-corrected chi connectivity index (χ3v) is 4.14. The van der Waals surface area contributed by atoms with E-state index >= 15 is 0 Å². The molecule has 0 bridgehead atoms. The third-order valence-electron chi connectivity index (χ3n) is 4.14. The van der Waals surface area contributed by atoms with Gasteiger partial charge in [-0.2, -0.15) is 0 Å². The Bertz CT molecular complexity index is 596. The largest absolute Gasteiger partial charge is 0.412 e. The molecule has 1 aliphatic heterocycles. The fraction of sp³-hybridized carbons (Fsp3) is 0.438. The summed E-state index contributed by atoms with van der Waals surface area (Å²) in [5, 5.41) is 3.39. The summed E-state index contributed by atoms with van der Waals surface area (Å²) < 4.78 is 51.9. The van der Waals surface area contributed by atoms with Gasteiger partial charge in [-0.25, -0.2) is 22.5 Å². The third kappa shape index (κ3) is 7.34. The predicted octanol–water partition coefficient (Wildman–Crippen LogP) is 2.70. The second kappa shape index (κ2) is 13.4. The first-order valence-corrected chi connectivity index (χ1v) is 7.95. The Kier molecular flexibility index (Phi) is 13.7. The zero-order valence-electron chi connectivity index (χ0n) is 14.9. The number of imidazole rings is 1. The number of aryl methyl sites for hydroxylation is 1. The van der Waals surface area contributed by atoms with E-state index in [0.717, 1.165) is 12.5 Å². The van der Waals surface area contributed by atoms with Crippen LogP contribution in [0.2, 0.25) is 0 Å². The van der Waals surface area contributed by atoms with Crippen LogP contribution in [0.4, 0.5) is 28.9 Å². The molecule has 28 heavy (non-hydrogen) atoms. The van der Waals surface area contributed by atoms with E-state index in [1.807, 2.05) is 18.7 Å². The number of nitrogens with zero attached hydrogens (tertiary/aromatic N) is 2. The molecule has 0 unspecified atom stereocenters. The summed E-state index contributed by atoms with van der Waals surface area (Å²) in [6.45, 7) is 3.54. The predicted molar refractivity (Wildman–Crippen MR) is 106 cm³/mol. The van der Waals surface area contributed by atoms with Crippen LogP contribution >= 0.6 is 24.8 Å². The Balaban J connectivity index is 0. The average molecular weight is 450 g/mol. The van der Waals surface area contributed by atoms with Crippen molar-refractivity contribution in [3.05, 3.63) is 42.0 Å². The molecule has 6 nitrogen and oxygen atoms in total. The van der Waals surface area contributed by atoms with Gasteiger partial charge in [-0.1, -0.05) is 0 Å². The summed E-state index contributed by atoms with van der Waals surface area (Å²) >= 11 is 0. The van der Waals surface area contributed by atoms with Crippen LogP contribution in [0.1, 0.15) is 19.3 Å². The van der Waals surface area contributed by atoms with Gasteiger partial charge in [0.15, 0.2) is 23.3 Å². The maximum Gasteiger partial charge on any atom is 0.198 e. The Morgan fingerprint density at radius 1 is 0.964 bits per heavy atom. The zero-order chi connectivity index (χ0) is 18.4. The molecule has 2 heterocycles. The highest BCUT2D eigenvalue weighted by Crippen LogP contribution is 2.27. The van der Waals surface area contributed by atoms with Crippen LogP contribution in [0.5, 0.6) is 0 Å². The van der Waals surface area contributed by atoms with Crippen LogP contribution in [0.15, 0.2) is 18.7 Å². The number of benzene rings is 1. The number of nitrogen functional groups attached to an aromatic ring is 2. The van der Waals surface area contributed by atoms with Gasteiger partial charge in [0.25, 0.3) is 0 Å². The highest BCUT2D eigenvalue weighted by atomic mass is 35.5. The lowest BCUT2D eigenvalue weighted by Crippen LogP contribution is -2.28. The molecular formula is C16H25Cl2F4N5O. The van der Waals surface area contributed by atoms with E-state index in [9.17, 15) is 17.6 Å². The van der Waals surface area contributed by atoms with E-state index in [-0.39, 0.29) is 30.3 Å². The number of nitrogens with two attached hydrogens (primary N) is 2. The van der Waals surface area contributed by atoms with Gasteiger partial charge in [0.1, 0.15) is 11.4 Å². The van der Waals surface area contributed by atoms with Crippen molar-refractivity contribution in [3.8, 4) is 0 Å². The van der Waals surface area contributed by atoms with Gasteiger partial charge in [0.05, 0.1) is 6.33 Å². The zero-order valence-corrected chi connectivity index (χ0v) is 16.6. The summed E-state index contributed by atoms with van der Waals surface area (Å²) in [6, 6.07) is 0. The van der Waals surface area contributed by atoms with Crippen molar-refractivity contribution in [2.75, 3.05) is 24.6 Å². The van der Waals surface area contributed by atoms with Crippen molar-refractivity contribution >= 4 is 36.2 Å². The molecule has 1 aliphatic rings. The van der Waals surface area contributed by atoms with Crippen molar-refractivity contribution in [1.29, 1.82) is 0 Å². The van der Waals surface area contributed by atoms with Crippen LogP contribution in [-0.4, -0.2) is 28.1 Å². The lowest BCUT2D eigenvalue weighted by molar-refractivity contribution is 0.338. The van der Waals surface area contributed by atoms with Crippen molar-refractivity contribution in [2.24, 2.45) is 5.92 Å². The fourth-order valence-electron chi connectivity index (χ4n) is 2.59. The first kappa shape index (κ1) is 28.5. The number of hydrogen-bond donors (Lipinski definition) is 3. The SMILES string of the molecule is Cl.Cl.Nc1c(F)c(N)c(F)c(F)c1F.O.c1cn(CCC2CCNCC2)cn1. The lowest BCUT2D eigenvalue weighted by atomic mass is 9.95. The molecule has 2 aromatic rings. The van der Waals surface area contributed by atoms with Gasteiger partial charge in [0, 0.05) is 18.9 Å². The molecule has 1 fully saturated rings. The van der Waals surface area contributed by atoms with E-state index < -0.39 is 34.6 Å². The molecular weight excluding hydrogens is 425 g/mol. The summed E-state index contributed by atoms with van der Waals surface area (Å²) in [6.07, 6.45) is 9.78. The molecule has 12 heteroatoms. The second-order valence-electron chi connectivity index (χ2n) is 5.87. The number of hydrogen-bond acceptors (Lipinski definition) is 4. The van der Waals surface area contributed by atoms with Crippen LogP contribution in [0, 0.1) is 29.2 Å². The molecule has 0 atom stereocenters. The molecule has 0 amide bonds. The Hall–Kier alpha value is -1.75. The molecule has 162 valence electrons. The molecule has 0 radical (unpaired) electrons. The summed E-state index contributed by atoms with van der Waals surface area (Å²) in [5.41, 5.74) is 7.19. The molecule has 0 aliphatic carbocycles. The van der Waals surface area contributed by atoms with Crippen molar-refractivity contribution in [3.63, 3.8) is 0 Å². The smallest absolute Gasteiger partial charge is 0.198 e. The number of aromatic nitrogens is 2. The van der Waals surface area contributed by atoms with Crippen molar-refractivity contribution in [2.45, 2.75) is 25.8 Å². The quantitative estimate of drug-likeness (QED) is 0.289. The number of halogens is 6. The van der Waals surface area contributed by atoms with Gasteiger partial charge in [0.2, 0.25) is 0 Å². The molecule has 1 aromatic heterocycles. The van der Waals surface area contributed by atoms with Crippen molar-refractivity contribution < 1.29 is 23.0 Å². The average Bonchev–Trinajstić information content (AvgIpc) is 3.16. The number of rotatable bonds is 3. The van der Waals surface area contributed by atoms with Gasteiger partial charge in [-0.05, 0) is 38.3 Å². The van der Waals surface area contributed by atoms with Crippen LogP contribution < -0.4 is 16.8 Å². The summed E-state index contributed by atoms with van der Waals surface area (Å²) in [5.74, 6) is -5.96. The minimum absolute atomic E-state index is 0. The van der Waals surface area contributed by atoms with E-state index in [4.69, 9.17) is 11.5 Å². The lowest BCUT2D eigenvalue weighted by Gasteiger charge is -2.22. The van der Waals surface area contributed by atoms with E-state index in [0.29, 0.717) is 0 Å². The Morgan fingerprint density at radius 3 is 1.96 bits per heavy atom. The molecule has 1 saturated heterocycles. The van der Waals surface area contributed by atoms with Gasteiger partial charge in [-0.3, -0.25) is 0 Å². The van der Waals surface area contributed by atoms with E-state index in [1.165, 1.54) is 32.4 Å². The monoisotopic (exact) mass is 449 g/mol. The highest BCUT2D eigenvalue weighted by molar-refractivity contribution is 5.85. The first-order chi connectivity index (χ1) is 11.9. The first-order valence-electron chi connectivity index (χ1n) is 7.95. The second-order valence-corrected chi connectivity index (χ2v) is 5.87. The van der Waals surface area contributed by atoms with E-state index in [1.54, 1.807) is 0 Å². The summed E-state index contributed by atoms with van der Waals surface area (Å²) in [4.78, 5) is 4.04. The van der Waals surface area contributed by atoms with Gasteiger partial charge >= 0.3 is 0 Å². The minimum Gasteiger partial charge on any atom is -0.412 e. The Morgan fingerprint density at radius 2 is 1.50 bits per heavy atom. The van der Waals surface area contributed by atoms with Gasteiger partial charge < -0.3 is 26.8 Å². The summed E-state index contributed by atoms with van der Waals surface area (Å²) in [7, 11) is 0. The molecule has 0 spiro atoms. The highest BCUT2D eigenvalue weighted by Gasteiger charge is 2.21. The normalized spacial score (nSPS) is 13.3. The number of anilines is 2. The van der Waals surface area contributed by atoms with Gasteiger partial charge in [-0.15, -0.1) is 24.8 Å².